The fraction of sp³-hybridized carbons (Fsp3) is 0.278. The molecule has 0 bridgehead atoms. The number of hydrogen-bond acceptors (Lipinski definition) is 3. The maximum Gasteiger partial charge on any atom is 0.227 e. The zero-order valence-electron chi connectivity index (χ0n) is 13.3. The third kappa shape index (κ3) is 4.01. The van der Waals surface area contributed by atoms with Crippen LogP contribution in [0, 0.1) is 20.8 Å². The van der Waals surface area contributed by atoms with Gasteiger partial charge in [0.05, 0.1) is 13.0 Å². The van der Waals surface area contributed by atoms with Crippen LogP contribution >= 0.6 is 0 Å². The Labute approximate surface area is 131 Å². The van der Waals surface area contributed by atoms with Crippen LogP contribution in [0.25, 0.3) is 0 Å². The first-order valence-electron chi connectivity index (χ1n) is 7.32. The van der Waals surface area contributed by atoms with Gasteiger partial charge < -0.3 is 15.8 Å². The molecule has 0 saturated heterocycles. The molecule has 0 aliphatic heterocycles. The monoisotopic (exact) mass is 298 g/mol. The summed E-state index contributed by atoms with van der Waals surface area (Å²) >= 11 is 0. The second-order valence-electron chi connectivity index (χ2n) is 5.44. The number of anilines is 2. The number of nitrogen functional groups attached to an aromatic ring is 1. The van der Waals surface area contributed by atoms with Crippen molar-refractivity contribution in [2.45, 2.75) is 27.2 Å². The fourth-order valence-corrected chi connectivity index (χ4v) is 2.31. The smallest absolute Gasteiger partial charge is 0.227 e. The van der Waals surface area contributed by atoms with Gasteiger partial charge in [0.2, 0.25) is 5.91 Å². The number of nitrogens with one attached hydrogen (secondary N) is 1. The van der Waals surface area contributed by atoms with E-state index >= 15 is 0 Å². The lowest BCUT2D eigenvalue weighted by Gasteiger charge is -2.12. The van der Waals surface area contributed by atoms with Gasteiger partial charge in [-0.15, -0.1) is 0 Å². The zero-order chi connectivity index (χ0) is 16.1. The molecule has 0 fully saturated rings. The Morgan fingerprint density at radius 2 is 1.77 bits per heavy atom. The molecule has 0 aliphatic rings. The molecule has 3 N–H and O–H groups in total. The van der Waals surface area contributed by atoms with Crippen LogP contribution in [0.5, 0.6) is 5.75 Å². The maximum atomic E-state index is 12.0. The molecule has 0 saturated carbocycles. The molecule has 2 aromatic rings. The second-order valence-corrected chi connectivity index (χ2v) is 5.44. The van der Waals surface area contributed by atoms with Crippen LogP contribution in [0.4, 0.5) is 11.4 Å². The summed E-state index contributed by atoms with van der Waals surface area (Å²) in [7, 11) is 0. The van der Waals surface area contributed by atoms with Crippen LogP contribution in [-0.2, 0) is 4.79 Å². The van der Waals surface area contributed by atoms with Crippen molar-refractivity contribution < 1.29 is 9.53 Å². The lowest BCUT2D eigenvalue weighted by molar-refractivity contribution is -0.116. The number of ether oxygens (including phenoxy) is 1. The molecule has 0 atom stereocenters. The van der Waals surface area contributed by atoms with Crippen LogP contribution in [0.3, 0.4) is 0 Å². The molecule has 116 valence electrons. The first kappa shape index (κ1) is 15.9. The molecule has 0 aromatic heterocycles. The molecule has 4 nitrogen and oxygen atoms in total. The number of nitrogens with two attached hydrogens (primary N) is 1. The van der Waals surface area contributed by atoms with Gasteiger partial charge in [-0.2, -0.15) is 0 Å². The van der Waals surface area contributed by atoms with Crippen molar-refractivity contribution in [3.8, 4) is 5.75 Å². The Bertz CT molecular complexity index is 661. The van der Waals surface area contributed by atoms with E-state index < -0.39 is 0 Å². The molecule has 0 heterocycles. The predicted molar refractivity (Wildman–Crippen MR) is 90.2 cm³/mol. The van der Waals surface area contributed by atoms with E-state index in [0.717, 1.165) is 28.1 Å². The van der Waals surface area contributed by atoms with E-state index in [1.165, 1.54) is 0 Å². The summed E-state index contributed by atoms with van der Waals surface area (Å²) < 4.78 is 5.74. The van der Waals surface area contributed by atoms with Crippen LogP contribution in [0.2, 0.25) is 0 Å². The number of aryl methyl sites for hydroxylation is 3. The van der Waals surface area contributed by atoms with Gasteiger partial charge in [-0.3, -0.25) is 4.79 Å². The van der Waals surface area contributed by atoms with Crippen molar-refractivity contribution in [1.82, 2.24) is 0 Å². The summed E-state index contributed by atoms with van der Waals surface area (Å²) in [6, 6.07) is 11.4. The Morgan fingerprint density at radius 1 is 1.09 bits per heavy atom. The summed E-state index contributed by atoms with van der Waals surface area (Å²) in [5, 5.41) is 2.88. The molecule has 0 aliphatic carbocycles. The summed E-state index contributed by atoms with van der Waals surface area (Å²) in [4.78, 5) is 12.0. The van der Waals surface area contributed by atoms with Crippen LogP contribution < -0.4 is 15.8 Å². The highest BCUT2D eigenvalue weighted by Gasteiger charge is 2.07. The highest BCUT2D eigenvalue weighted by Crippen LogP contribution is 2.22. The average molecular weight is 298 g/mol. The maximum absolute atomic E-state index is 12.0. The van der Waals surface area contributed by atoms with E-state index in [1.54, 1.807) is 6.07 Å². The standard InChI is InChI=1S/C18H22N2O2/c1-12-5-4-6-13(2)18(12)22-10-9-17(21)20-16-8-7-15(19)11-14(16)3/h4-8,11H,9-10,19H2,1-3H3,(H,20,21). The molecule has 1 amide bonds. The van der Waals surface area contributed by atoms with Crippen LogP contribution in [0.1, 0.15) is 23.1 Å². The van der Waals surface area contributed by atoms with Crippen LogP contribution in [-0.4, -0.2) is 12.5 Å². The predicted octanol–water partition coefficient (Wildman–Crippen LogP) is 3.60. The topological polar surface area (TPSA) is 64.3 Å². The number of hydrogen-bond donors (Lipinski definition) is 2. The highest BCUT2D eigenvalue weighted by molar-refractivity contribution is 5.91. The normalized spacial score (nSPS) is 10.3. The van der Waals surface area contributed by atoms with E-state index in [4.69, 9.17) is 10.5 Å². The van der Waals surface area contributed by atoms with Crippen molar-refractivity contribution in [1.29, 1.82) is 0 Å². The van der Waals surface area contributed by atoms with Gasteiger partial charge in [0.15, 0.2) is 0 Å². The minimum atomic E-state index is -0.0703. The number of benzene rings is 2. The van der Waals surface area contributed by atoms with Crippen molar-refractivity contribution in [2.75, 3.05) is 17.7 Å². The summed E-state index contributed by atoms with van der Waals surface area (Å²) in [5.41, 5.74) is 10.3. The zero-order valence-corrected chi connectivity index (χ0v) is 13.3. The average Bonchev–Trinajstić information content (AvgIpc) is 2.45. The number of para-hydroxylation sites is 1. The molecular weight excluding hydrogens is 276 g/mol. The third-order valence-corrected chi connectivity index (χ3v) is 3.51. The van der Waals surface area contributed by atoms with Crippen molar-refractivity contribution >= 4 is 17.3 Å². The fourth-order valence-electron chi connectivity index (χ4n) is 2.31. The first-order chi connectivity index (χ1) is 10.5. The third-order valence-electron chi connectivity index (χ3n) is 3.51. The minimum Gasteiger partial charge on any atom is -0.493 e. The number of amides is 1. The van der Waals surface area contributed by atoms with Gasteiger partial charge in [-0.25, -0.2) is 0 Å². The Balaban J connectivity index is 1.88. The molecule has 0 radical (unpaired) electrons. The number of rotatable bonds is 5. The first-order valence-corrected chi connectivity index (χ1v) is 7.32. The van der Waals surface area contributed by atoms with Crippen molar-refractivity contribution in [2.24, 2.45) is 0 Å². The molecule has 0 spiro atoms. The molecular formula is C18H22N2O2. The van der Waals surface area contributed by atoms with Gasteiger partial charge in [-0.1, -0.05) is 18.2 Å². The van der Waals surface area contributed by atoms with Gasteiger partial charge in [0, 0.05) is 11.4 Å². The van der Waals surface area contributed by atoms with Gasteiger partial charge in [-0.05, 0) is 55.7 Å². The van der Waals surface area contributed by atoms with Gasteiger partial charge >= 0.3 is 0 Å². The van der Waals surface area contributed by atoms with E-state index in [-0.39, 0.29) is 5.91 Å². The molecule has 2 aromatic carbocycles. The number of carbonyl (C=O) groups excluding carboxylic acids is 1. The van der Waals surface area contributed by atoms with Crippen molar-refractivity contribution in [3.05, 3.63) is 53.1 Å². The van der Waals surface area contributed by atoms with E-state index in [1.807, 2.05) is 51.1 Å². The Kier molecular flexibility index (Phi) is 5.04. The minimum absolute atomic E-state index is 0.0703. The quantitative estimate of drug-likeness (QED) is 0.829. The van der Waals surface area contributed by atoms with E-state index in [2.05, 4.69) is 5.32 Å². The largest absolute Gasteiger partial charge is 0.493 e. The molecule has 2 rings (SSSR count). The summed E-state index contributed by atoms with van der Waals surface area (Å²) in [5.74, 6) is 0.790. The molecule has 22 heavy (non-hydrogen) atoms. The van der Waals surface area contributed by atoms with Gasteiger partial charge in [0.25, 0.3) is 0 Å². The van der Waals surface area contributed by atoms with Crippen molar-refractivity contribution in [3.63, 3.8) is 0 Å². The van der Waals surface area contributed by atoms with Gasteiger partial charge in [0.1, 0.15) is 5.75 Å². The lowest BCUT2D eigenvalue weighted by Crippen LogP contribution is -2.16. The molecule has 4 heteroatoms. The Morgan fingerprint density at radius 3 is 2.41 bits per heavy atom. The summed E-state index contributed by atoms with van der Waals surface area (Å²) in [6.07, 6.45) is 0.303. The highest BCUT2D eigenvalue weighted by atomic mass is 16.5. The van der Waals surface area contributed by atoms with E-state index in [9.17, 15) is 4.79 Å². The Hall–Kier alpha value is -2.49. The van der Waals surface area contributed by atoms with Crippen LogP contribution in [0.15, 0.2) is 36.4 Å². The lowest BCUT2D eigenvalue weighted by atomic mass is 10.1. The number of carbonyl (C=O) groups is 1. The SMILES string of the molecule is Cc1cc(N)ccc1NC(=O)CCOc1c(C)cccc1C. The second kappa shape index (κ2) is 6.98. The summed E-state index contributed by atoms with van der Waals surface area (Å²) in [6.45, 7) is 6.27. The van der Waals surface area contributed by atoms with E-state index in [0.29, 0.717) is 18.7 Å². The molecule has 0 unspecified atom stereocenters.